The van der Waals surface area contributed by atoms with Crippen LogP contribution in [0.2, 0.25) is 0 Å². The molecule has 1 fully saturated rings. The largest absolute Gasteiger partial charge is 0.406 e. The number of nitrogens with one attached hydrogen (secondary N) is 1. The number of hydrogen-bond acceptors (Lipinski definition) is 4. The second-order valence-corrected chi connectivity index (χ2v) is 8.67. The second kappa shape index (κ2) is 9.40. The molecule has 5 nitrogen and oxygen atoms in total. The van der Waals surface area contributed by atoms with E-state index in [2.05, 4.69) is 10.2 Å². The molecule has 1 aromatic carbocycles. The summed E-state index contributed by atoms with van der Waals surface area (Å²) in [5.41, 5.74) is 2.36. The number of likely N-dealkylation sites (tertiary alicyclic amines) is 1. The molecule has 0 aliphatic carbocycles. The van der Waals surface area contributed by atoms with Crippen LogP contribution in [0.15, 0.2) is 18.2 Å². The summed E-state index contributed by atoms with van der Waals surface area (Å²) in [7, 11) is 1.57. The fourth-order valence-corrected chi connectivity index (χ4v) is 4.75. The van der Waals surface area contributed by atoms with E-state index < -0.39 is 18.8 Å². The normalized spacial score (nSPS) is 17.8. The molecule has 0 bridgehead atoms. The van der Waals surface area contributed by atoms with Crippen LogP contribution >= 0.6 is 22.6 Å². The van der Waals surface area contributed by atoms with Crippen LogP contribution in [0.1, 0.15) is 18.4 Å². The molecule has 0 amide bonds. The van der Waals surface area contributed by atoms with Crippen molar-refractivity contribution in [1.82, 2.24) is 9.47 Å². The van der Waals surface area contributed by atoms with Gasteiger partial charge in [0.1, 0.15) is 6.54 Å². The Balaban J connectivity index is 1.72. The van der Waals surface area contributed by atoms with Gasteiger partial charge in [0, 0.05) is 43.9 Å². The number of benzene rings is 1. The van der Waals surface area contributed by atoms with Gasteiger partial charge < -0.3 is 24.6 Å². The summed E-state index contributed by atoms with van der Waals surface area (Å²) in [5.74, 6) is 0. The maximum atomic E-state index is 13.0. The van der Waals surface area contributed by atoms with E-state index in [9.17, 15) is 18.3 Å². The van der Waals surface area contributed by atoms with Gasteiger partial charge in [-0.2, -0.15) is 13.2 Å². The topological polar surface area (TPSA) is 49.7 Å². The zero-order valence-electron chi connectivity index (χ0n) is 16.6. The SMILES string of the molecule is COC[C@@H](O)CN1CCC(Nc2cccc3c2c(C)c(I)n3CC(F)(F)F)CC1. The molecule has 2 N–H and O–H groups in total. The van der Waals surface area contributed by atoms with Crippen molar-refractivity contribution in [3.05, 3.63) is 27.5 Å². The highest BCUT2D eigenvalue weighted by molar-refractivity contribution is 14.1. The molecule has 1 aliphatic rings. The number of ether oxygens (including phenoxy) is 1. The van der Waals surface area contributed by atoms with Crippen molar-refractivity contribution in [2.24, 2.45) is 0 Å². The van der Waals surface area contributed by atoms with Crippen LogP contribution in [0.5, 0.6) is 0 Å². The van der Waals surface area contributed by atoms with E-state index in [-0.39, 0.29) is 6.04 Å². The number of nitrogens with zero attached hydrogens (tertiary/aromatic N) is 2. The molecule has 0 spiro atoms. The first-order valence-electron chi connectivity index (χ1n) is 9.69. The average Bonchev–Trinajstić information content (AvgIpc) is 2.88. The number of halogens is 4. The first-order chi connectivity index (χ1) is 13.7. The first-order valence-corrected chi connectivity index (χ1v) is 10.8. The van der Waals surface area contributed by atoms with Crippen LogP contribution < -0.4 is 5.32 Å². The van der Waals surface area contributed by atoms with Gasteiger partial charge in [-0.1, -0.05) is 6.07 Å². The number of hydrogen-bond donors (Lipinski definition) is 2. The molecular formula is C20H27F3IN3O2. The van der Waals surface area contributed by atoms with Crippen LogP contribution in [-0.4, -0.2) is 66.2 Å². The lowest BCUT2D eigenvalue weighted by Gasteiger charge is -2.34. The minimum Gasteiger partial charge on any atom is -0.389 e. The van der Waals surface area contributed by atoms with Gasteiger partial charge >= 0.3 is 6.18 Å². The predicted octanol–water partition coefficient (Wildman–Crippen LogP) is 4.00. The molecule has 29 heavy (non-hydrogen) atoms. The Hall–Kier alpha value is -1.04. The molecule has 0 saturated carbocycles. The highest BCUT2D eigenvalue weighted by Crippen LogP contribution is 2.35. The lowest BCUT2D eigenvalue weighted by atomic mass is 10.0. The quantitative estimate of drug-likeness (QED) is 0.537. The number of aryl methyl sites for hydroxylation is 1. The van der Waals surface area contributed by atoms with Gasteiger partial charge in [0.15, 0.2) is 0 Å². The van der Waals surface area contributed by atoms with Gasteiger partial charge in [-0.25, -0.2) is 0 Å². The van der Waals surface area contributed by atoms with Crippen molar-refractivity contribution in [3.8, 4) is 0 Å². The molecule has 162 valence electrons. The van der Waals surface area contributed by atoms with E-state index in [0.29, 0.717) is 22.4 Å². The Morgan fingerprint density at radius 2 is 2.00 bits per heavy atom. The lowest BCUT2D eigenvalue weighted by molar-refractivity contribution is -0.140. The van der Waals surface area contributed by atoms with Gasteiger partial charge in [-0.15, -0.1) is 0 Å². The number of methoxy groups -OCH3 is 1. The van der Waals surface area contributed by atoms with Crippen molar-refractivity contribution >= 4 is 39.2 Å². The van der Waals surface area contributed by atoms with Gasteiger partial charge in [0.25, 0.3) is 0 Å². The average molecular weight is 525 g/mol. The third-order valence-corrected chi connectivity index (χ3v) is 6.76. The minimum absolute atomic E-state index is 0.249. The van der Waals surface area contributed by atoms with Crippen molar-refractivity contribution < 1.29 is 23.0 Å². The number of aromatic nitrogens is 1. The molecule has 9 heteroatoms. The smallest absolute Gasteiger partial charge is 0.389 e. The molecule has 1 aromatic heterocycles. The first kappa shape index (κ1) is 22.6. The van der Waals surface area contributed by atoms with Crippen molar-refractivity contribution in [3.63, 3.8) is 0 Å². The van der Waals surface area contributed by atoms with Gasteiger partial charge in [-0.3, -0.25) is 0 Å². The van der Waals surface area contributed by atoms with Crippen LogP contribution in [0.25, 0.3) is 10.9 Å². The Morgan fingerprint density at radius 3 is 2.62 bits per heavy atom. The predicted molar refractivity (Wildman–Crippen MR) is 116 cm³/mol. The molecular weight excluding hydrogens is 498 g/mol. The molecule has 1 atom stereocenters. The Morgan fingerprint density at radius 1 is 1.31 bits per heavy atom. The summed E-state index contributed by atoms with van der Waals surface area (Å²) < 4.78 is 46.0. The highest BCUT2D eigenvalue weighted by Gasteiger charge is 2.31. The summed E-state index contributed by atoms with van der Waals surface area (Å²) >= 11 is 2.00. The lowest BCUT2D eigenvalue weighted by Crippen LogP contribution is -2.43. The minimum atomic E-state index is -4.26. The van der Waals surface area contributed by atoms with Crippen LogP contribution in [0.4, 0.5) is 18.9 Å². The third-order valence-electron chi connectivity index (χ3n) is 5.37. The molecule has 2 aromatic rings. The fourth-order valence-electron chi connectivity index (χ4n) is 4.05. The number of alkyl halides is 3. The maximum absolute atomic E-state index is 13.0. The number of piperidine rings is 1. The molecule has 0 unspecified atom stereocenters. The maximum Gasteiger partial charge on any atom is 0.406 e. The van der Waals surface area contributed by atoms with E-state index in [1.165, 1.54) is 4.57 Å². The van der Waals surface area contributed by atoms with E-state index in [4.69, 9.17) is 4.74 Å². The third kappa shape index (κ3) is 5.56. The molecule has 1 aliphatic heterocycles. The van der Waals surface area contributed by atoms with Crippen molar-refractivity contribution in [2.45, 2.75) is 44.6 Å². The molecule has 1 saturated heterocycles. The van der Waals surface area contributed by atoms with Gasteiger partial charge in [0.2, 0.25) is 0 Å². The van der Waals surface area contributed by atoms with Crippen LogP contribution in [0, 0.1) is 10.6 Å². The molecule has 0 radical (unpaired) electrons. The van der Waals surface area contributed by atoms with E-state index in [1.807, 2.05) is 41.6 Å². The van der Waals surface area contributed by atoms with Crippen LogP contribution in [-0.2, 0) is 11.3 Å². The fraction of sp³-hybridized carbons (Fsp3) is 0.600. The number of aliphatic hydroxyl groups is 1. The van der Waals surface area contributed by atoms with Gasteiger partial charge in [0.05, 0.1) is 21.9 Å². The molecule has 2 heterocycles. The zero-order valence-corrected chi connectivity index (χ0v) is 18.8. The Bertz CT molecular complexity index is 832. The van der Waals surface area contributed by atoms with Crippen LogP contribution in [0.3, 0.4) is 0 Å². The number of aliphatic hydroxyl groups excluding tert-OH is 1. The summed E-state index contributed by atoms with van der Waals surface area (Å²) in [4.78, 5) is 2.22. The monoisotopic (exact) mass is 525 g/mol. The van der Waals surface area contributed by atoms with E-state index >= 15 is 0 Å². The van der Waals surface area contributed by atoms with E-state index in [1.54, 1.807) is 13.2 Å². The zero-order chi connectivity index (χ0) is 21.2. The second-order valence-electron chi connectivity index (χ2n) is 7.65. The Kier molecular flexibility index (Phi) is 7.34. The molecule has 3 rings (SSSR count). The number of rotatable bonds is 7. The summed E-state index contributed by atoms with van der Waals surface area (Å²) in [6.07, 6.45) is -2.93. The number of β-amino-alcohol motifs (C(OH)–C–C–N with tert-alkyl or cyclic N) is 1. The summed E-state index contributed by atoms with van der Waals surface area (Å²) in [6, 6.07) is 5.75. The summed E-state index contributed by atoms with van der Waals surface area (Å²) in [6.45, 7) is 3.53. The highest BCUT2D eigenvalue weighted by atomic mass is 127. The number of fused-ring (bicyclic) bond motifs is 1. The van der Waals surface area contributed by atoms with Crippen molar-refractivity contribution in [1.29, 1.82) is 0 Å². The Labute approximate surface area is 182 Å². The summed E-state index contributed by atoms with van der Waals surface area (Å²) in [5, 5.41) is 14.3. The van der Waals surface area contributed by atoms with Gasteiger partial charge in [-0.05, 0) is 60.1 Å². The van der Waals surface area contributed by atoms with E-state index in [0.717, 1.165) is 42.6 Å². The standard InChI is InChI=1S/C20H27F3IN3O2/c1-13-18-16(4-3-5-17(18)27(19(13)24)12-20(21,22)23)25-14-6-8-26(9-7-14)10-15(28)11-29-2/h3-5,14-15,25,28H,6-12H2,1-2H3/t15-/m0/s1. The number of anilines is 1. The van der Waals surface area contributed by atoms with Crippen molar-refractivity contribution in [2.75, 3.05) is 38.7 Å².